The van der Waals surface area contributed by atoms with Crippen molar-refractivity contribution in [3.8, 4) is 0 Å². The minimum atomic E-state index is -0.173. The quantitative estimate of drug-likeness (QED) is 0.751. The summed E-state index contributed by atoms with van der Waals surface area (Å²) in [6.07, 6.45) is 1.91. The molecule has 0 unspecified atom stereocenters. The topological polar surface area (TPSA) is 57.8 Å². The molecule has 0 aliphatic carbocycles. The van der Waals surface area contributed by atoms with Crippen molar-refractivity contribution in [1.82, 2.24) is 15.5 Å². The van der Waals surface area contributed by atoms with Crippen molar-refractivity contribution in [2.45, 2.75) is 12.5 Å². The molecule has 0 spiro atoms. The highest BCUT2D eigenvalue weighted by Crippen LogP contribution is 2.27. The number of hydrogen-bond acceptors (Lipinski definition) is 3. The lowest BCUT2D eigenvalue weighted by Crippen LogP contribution is -2.30. The van der Waals surface area contributed by atoms with E-state index in [0.29, 0.717) is 5.02 Å². The van der Waals surface area contributed by atoms with Crippen LogP contribution >= 0.6 is 22.9 Å². The van der Waals surface area contributed by atoms with Crippen LogP contribution in [-0.4, -0.2) is 16.1 Å². The first-order valence-electron chi connectivity index (χ1n) is 6.79. The lowest BCUT2D eigenvalue weighted by molar-refractivity contribution is -0.121. The number of amides is 1. The van der Waals surface area contributed by atoms with Crippen molar-refractivity contribution in [1.29, 1.82) is 0 Å². The zero-order valence-corrected chi connectivity index (χ0v) is 13.2. The van der Waals surface area contributed by atoms with E-state index in [2.05, 4.69) is 15.5 Å². The Kier molecular flexibility index (Phi) is 4.56. The third kappa shape index (κ3) is 3.55. The number of carbonyl (C=O) groups is 1. The summed E-state index contributed by atoms with van der Waals surface area (Å²) in [6.45, 7) is 0. The molecule has 2 aromatic heterocycles. The molecule has 2 heterocycles. The second kappa shape index (κ2) is 6.77. The molecule has 0 saturated carbocycles. The van der Waals surface area contributed by atoms with Crippen LogP contribution in [0.25, 0.3) is 0 Å². The molecule has 3 rings (SSSR count). The van der Waals surface area contributed by atoms with Crippen molar-refractivity contribution in [2.24, 2.45) is 0 Å². The van der Waals surface area contributed by atoms with Gasteiger partial charge >= 0.3 is 0 Å². The zero-order valence-electron chi connectivity index (χ0n) is 11.6. The van der Waals surface area contributed by atoms with Crippen molar-refractivity contribution in [2.75, 3.05) is 0 Å². The van der Waals surface area contributed by atoms with Gasteiger partial charge in [-0.25, -0.2) is 0 Å². The molecule has 1 amide bonds. The second-order valence-electron chi connectivity index (χ2n) is 4.83. The fourth-order valence-electron chi connectivity index (χ4n) is 2.20. The number of benzene rings is 1. The number of nitrogens with one attached hydrogen (secondary N) is 2. The van der Waals surface area contributed by atoms with Crippen LogP contribution in [-0.2, 0) is 11.2 Å². The average Bonchev–Trinajstić information content (AvgIpc) is 3.19. The highest BCUT2D eigenvalue weighted by atomic mass is 35.5. The Morgan fingerprint density at radius 2 is 2.09 bits per heavy atom. The molecule has 0 fully saturated rings. The van der Waals surface area contributed by atoms with Gasteiger partial charge in [0.1, 0.15) is 0 Å². The van der Waals surface area contributed by atoms with E-state index in [9.17, 15) is 4.79 Å². The molecule has 112 valence electrons. The Labute approximate surface area is 137 Å². The van der Waals surface area contributed by atoms with E-state index in [1.807, 2.05) is 41.8 Å². The van der Waals surface area contributed by atoms with Gasteiger partial charge in [0.2, 0.25) is 5.91 Å². The number of thiophene rings is 1. The van der Waals surface area contributed by atoms with E-state index >= 15 is 0 Å². The third-order valence-corrected chi connectivity index (χ3v) is 4.43. The minimum absolute atomic E-state index is 0.0578. The minimum Gasteiger partial charge on any atom is -0.344 e. The van der Waals surface area contributed by atoms with Crippen LogP contribution in [0.4, 0.5) is 0 Å². The van der Waals surface area contributed by atoms with Crippen molar-refractivity contribution in [3.63, 3.8) is 0 Å². The Hall–Kier alpha value is -2.11. The molecule has 0 aliphatic heterocycles. The number of halogens is 1. The summed E-state index contributed by atoms with van der Waals surface area (Å²) in [7, 11) is 0. The maximum Gasteiger partial charge on any atom is 0.226 e. The van der Waals surface area contributed by atoms with E-state index in [4.69, 9.17) is 11.6 Å². The number of rotatable bonds is 5. The summed E-state index contributed by atoms with van der Waals surface area (Å²) in [6, 6.07) is 13.1. The van der Waals surface area contributed by atoms with Gasteiger partial charge in [-0.2, -0.15) is 5.10 Å². The predicted molar refractivity (Wildman–Crippen MR) is 88.0 cm³/mol. The summed E-state index contributed by atoms with van der Waals surface area (Å²) in [5.41, 5.74) is 1.79. The number of aromatic amines is 1. The molecule has 6 heteroatoms. The van der Waals surface area contributed by atoms with E-state index < -0.39 is 0 Å². The number of aromatic nitrogens is 2. The van der Waals surface area contributed by atoms with Gasteiger partial charge in [-0.05, 0) is 35.2 Å². The highest BCUT2D eigenvalue weighted by Gasteiger charge is 2.18. The van der Waals surface area contributed by atoms with Gasteiger partial charge in [0.15, 0.2) is 0 Å². The summed E-state index contributed by atoms with van der Waals surface area (Å²) in [5, 5.41) is 12.4. The average molecular weight is 332 g/mol. The van der Waals surface area contributed by atoms with Crippen LogP contribution in [0.1, 0.15) is 22.2 Å². The first-order valence-corrected chi connectivity index (χ1v) is 8.04. The van der Waals surface area contributed by atoms with Crippen molar-refractivity contribution >= 4 is 28.8 Å². The summed E-state index contributed by atoms with van der Waals surface area (Å²) < 4.78 is 0. The first kappa shape index (κ1) is 14.8. The van der Waals surface area contributed by atoms with Crippen molar-refractivity contribution < 1.29 is 4.79 Å². The Balaban J connectivity index is 1.80. The number of hydrogen-bond donors (Lipinski definition) is 2. The van der Waals surface area contributed by atoms with Crippen LogP contribution in [0.15, 0.2) is 54.0 Å². The molecular weight excluding hydrogens is 318 g/mol. The van der Waals surface area contributed by atoms with E-state index in [0.717, 1.165) is 16.1 Å². The molecule has 22 heavy (non-hydrogen) atoms. The SMILES string of the molecule is O=C(Cc1ccn[nH]1)N[C@@H](c1ccc(Cl)cc1)c1cccs1. The maximum atomic E-state index is 12.3. The molecule has 3 aromatic rings. The molecule has 1 aromatic carbocycles. The summed E-state index contributed by atoms with van der Waals surface area (Å²) in [4.78, 5) is 13.4. The van der Waals surface area contributed by atoms with E-state index in [1.165, 1.54) is 0 Å². The van der Waals surface area contributed by atoms with Gasteiger partial charge < -0.3 is 5.32 Å². The Morgan fingerprint density at radius 3 is 2.73 bits per heavy atom. The monoisotopic (exact) mass is 331 g/mol. The van der Waals surface area contributed by atoms with Gasteiger partial charge in [0.05, 0.1) is 12.5 Å². The number of carbonyl (C=O) groups excluding carboxylic acids is 1. The van der Waals surface area contributed by atoms with Crippen LogP contribution < -0.4 is 5.32 Å². The largest absolute Gasteiger partial charge is 0.344 e. The van der Waals surface area contributed by atoms with E-state index in [-0.39, 0.29) is 18.4 Å². The first-order chi connectivity index (χ1) is 10.7. The molecule has 0 bridgehead atoms. The van der Waals surface area contributed by atoms with E-state index in [1.54, 1.807) is 23.6 Å². The number of nitrogens with zero attached hydrogens (tertiary/aromatic N) is 1. The standard InChI is InChI=1S/C16H14ClN3OS/c17-12-5-3-11(4-6-12)16(14-2-1-9-22-14)19-15(21)10-13-7-8-18-20-13/h1-9,16H,10H2,(H,18,20)(H,19,21)/t16-/m0/s1. The maximum absolute atomic E-state index is 12.3. The highest BCUT2D eigenvalue weighted by molar-refractivity contribution is 7.10. The molecular formula is C16H14ClN3OS. The fourth-order valence-corrected chi connectivity index (χ4v) is 3.13. The van der Waals surface area contributed by atoms with Gasteiger partial charge in [-0.15, -0.1) is 11.3 Å². The van der Waals surface area contributed by atoms with Gasteiger partial charge in [-0.1, -0.05) is 29.8 Å². The summed E-state index contributed by atoms with van der Waals surface area (Å²) in [5.74, 6) is -0.0578. The fraction of sp³-hybridized carbons (Fsp3) is 0.125. The molecule has 4 nitrogen and oxygen atoms in total. The Bertz CT molecular complexity index is 723. The lowest BCUT2D eigenvalue weighted by Gasteiger charge is -2.18. The van der Waals surface area contributed by atoms with Gasteiger partial charge in [-0.3, -0.25) is 9.89 Å². The molecule has 1 atom stereocenters. The molecule has 0 saturated heterocycles. The normalized spacial score (nSPS) is 12.0. The van der Waals surface area contributed by atoms with Crippen LogP contribution in [0, 0.1) is 0 Å². The Morgan fingerprint density at radius 1 is 1.27 bits per heavy atom. The predicted octanol–water partition coefficient (Wildman–Crippen LogP) is 3.57. The molecule has 0 aliphatic rings. The lowest BCUT2D eigenvalue weighted by atomic mass is 10.1. The zero-order chi connectivity index (χ0) is 15.4. The third-order valence-electron chi connectivity index (χ3n) is 3.25. The van der Waals surface area contributed by atoms with Crippen molar-refractivity contribution in [3.05, 3.63) is 75.2 Å². The molecule has 2 N–H and O–H groups in total. The van der Waals surface area contributed by atoms with Crippen LogP contribution in [0.3, 0.4) is 0 Å². The molecule has 0 radical (unpaired) electrons. The van der Waals surface area contributed by atoms with Crippen LogP contribution in [0.2, 0.25) is 5.02 Å². The van der Waals surface area contributed by atoms with Gasteiger partial charge in [0, 0.05) is 21.8 Å². The summed E-state index contributed by atoms with van der Waals surface area (Å²) >= 11 is 7.56. The van der Waals surface area contributed by atoms with Crippen LogP contribution in [0.5, 0.6) is 0 Å². The van der Waals surface area contributed by atoms with Gasteiger partial charge in [0.25, 0.3) is 0 Å². The smallest absolute Gasteiger partial charge is 0.226 e. The second-order valence-corrected chi connectivity index (χ2v) is 6.24. The number of H-pyrrole nitrogens is 1.